The van der Waals surface area contributed by atoms with Crippen LogP contribution in [0.3, 0.4) is 0 Å². The molecule has 69 heavy (non-hydrogen) atoms. The van der Waals surface area contributed by atoms with Crippen molar-refractivity contribution >= 4 is 5.97 Å². The van der Waals surface area contributed by atoms with E-state index < -0.39 is 43.4 Å². The van der Waals surface area contributed by atoms with E-state index in [2.05, 4.69) is 38.2 Å². The van der Waals surface area contributed by atoms with Crippen molar-refractivity contribution in [1.29, 1.82) is 0 Å². The maximum atomic E-state index is 12.9. The summed E-state index contributed by atoms with van der Waals surface area (Å²) in [4.78, 5) is 12.9. The predicted octanol–water partition coefficient (Wildman–Crippen LogP) is 15.7. The van der Waals surface area contributed by atoms with Crippen molar-refractivity contribution in [2.45, 2.75) is 327 Å². The lowest BCUT2D eigenvalue weighted by Gasteiger charge is -2.39. The topological polar surface area (TPSA) is 135 Å². The lowest BCUT2D eigenvalue weighted by Crippen LogP contribution is -2.59. The van der Waals surface area contributed by atoms with E-state index in [9.17, 15) is 25.2 Å². The number of ether oxygens (including phenoxy) is 4. The first-order valence-electron chi connectivity index (χ1n) is 29.9. The van der Waals surface area contributed by atoms with Crippen LogP contribution in [-0.2, 0) is 23.7 Å². The van der Waals surface area contributed by atoms with Gasteiger partial charge in [-0.15, -0.1) is 0 Å². The molecule has 1 rings (SSSR count). The molecule has 1 aliphatic heterocycles. The predicted molar refractivity (Wildman–Crippen MR) is 289 cm³/mol. The van der Waals surface area contributed by atoms with Gasteiger partial charge in [-0.1, -0.05) is 263 Å². The molecule has 0 aromatic carbocycles. The summed E-state index contributed by atoms with van der Waals surface area (Å²) in [6.45, 7) is 4.61. The third kappa shape index (κ3) is 41.8. The minimum absolute atomic E-state index is 0.110. The summed E-state index contributed by atoms with van der Waals surface area (Å²) in [5.74, 6) is -0.311. The van der Waals surface area contributed by atoms with Crippen molar-refractivity contribution in [3.05, 3.63) is 24.3 Å². The molecule has 0 aromatic heterocycles. The fourth-order valence-corrected chi connectivity index (χ4v) is 9.47. The average Bonchev–Trinajstić information content (AvgIpc) is 3.35. The van der Waals surface area contributed by atoms with Gasteiger partial charge < -0.3 is 39.4 Å². The SMILES string of the molecule is CCCCCCC/C=C\C/C=C\CCCCCCCCCCCC(=O)OC(COCCCCCCCCCCCCCCCCCCCCCCCCCCC)COC1OC(CO)C(O)C(O)C1O. The van der Waals surface area contributed by atoms with Crippen molar-refractivity contribution in [1.82, 2.24) is 0 Å². The van der Waals surface area contributed by atoms with Crippen LogP contribution in [-0.4, -0.2) is 89.6 Å². The van der Waals surface area contributed by atoms with Gasteiger partial charge in [0.15, 0.2) is 6.29 Å². The van der Waals surface area contributed by atoms with Crippen LogP contribution in [0.4, 0.5) is 0 Å². The van der Waals surface area contributed by atoms with Gasteiger partial charge in [-0.2, -0.15) is 0 Å². The van der Waals surface area contributed by atoms with Crippen LogP contribution >= 0.6 is 0 Å². The number of aliphatic hydroxyl groups is 4. The number of carbonyl (C=O) groups excluding carboxylic acids is 1. The summed E-state index contributed by atoms with van der Waals surface area (Å²) < 4.78 is 23.0. The van der Waals surface area contributed by atoms with Crippen molar-refractivity contribution in [3.63, 3.8) is 0 Å². The number of esters is 1. The quantitative estimate of drug-likeness (QED) is 0.0267. The van der Waals surface area contributed by atoms with Crippen molar-refractivity contribution < 1.29 is 44.2 Å². The molecular weight excluding hydrogens is 865 g/mol. The van der Waals surface area contributed by atoms with Gasteiger partial charge in [0, 0.05) is 13.0 Å². The number of allylic oxidation sites excluding steroid dienone is 4. The molecule has 1 fully saturated rings. The smallest absolute Gasteiger partial charge is 0.306 e. The van der Waals surface area contributed by atoms with E-state index in [0.29, 0.717) is 13.0 Å². The number of aliphatic hydroxyl groups excluding tert-OH is 4. The standard InChI is InChI=1S/C60H114O9/c1-3-5-7-9-11-13-15-17-19-21-23-25-26-27-28-30-32-34-36-38-40-42-44-46-48-50-66-52-54(53-67-60-59(65)58(64)57(63)55(51-61)69-60)68-56(62)49-47-45-43-41-39-37-35-33-31-29-24-22-20-18-16-14-12-10-8-6-4-2/h16,18,22,24,54-55,57-61,63-65H,3-15,17,19-21,23,25-53H2,1-2H3/b18-16-,24-22-. The Morgan fingerprint density at radius 3 is 1.25 bits per heavy atom. The summed E-state index contributed by atoms with van der Waals surface area (Å²) >= 11 is 0. The van der Waals surface area contributed by atoms with Crippen LogP contribution < -0.4 is 0 Å². The highest BCUT2D eigenvalue weighted by Crippen LogP contribution is 2.23. The molecular formula is C60H114O9. The van der Waals surface area contributed by atoms with Crippen LogP contribution in [0.15, 0.2) is 24.3 Å². The molecule has 0 aromatic rings. The van der Waals surface area contributed by atoms with Crippen molar-refractivity contribution in [2.24, 2.45) is 0 Å². The second kappa shape index (κ2) is 51.6. The Morgan fingerprint density at radius 1 is 0.464 bits per heavy atom. The normalized spacial score (nSPS) is 19.1. The van der Waals surface area contributed by atoms with Crippen LogP contribution in [0.1, 0.15) is 290 Å². The number of hydrogen-bond donors (Lipinski definition) is 4. The molecule has 0 radical (unpaired) electrons. The second-order valence-corrected chi connectivity index (χ2v) is 20.8. The van der Waals surface area contributed by atoms with Crippen LogP contribution in [0.5, 0.6) is 0 Å². The lowest BCUT2D eigenvalue weighted by atomic mass is 9.99. The van der Waals surface area contributed by atoms with Gasteiger partial charge in [-0.25, -0.2) is 0 Å². The highest BCUT2D eigenvalue weighted by atomic mass is 16.7. The molecule has 0 saturated carbocycles. The molecule has 1 saturated heterocycles. The molecule has 1 aliphatic rings. The zero-order chi connectivity index (χ0) is 49.9. The molecule has 0 amide bonds. The summed E-state index contributed by atoms with van der Waals surface area (Å²) in [6.07, 6.45) is 56.6. The number of hydrogen-bond acceptors (Lipinski definition) is 9. The molecule has 9 nitrogen and oxygen atoms in total. The molecule has 0 spiro atoms. The van der Waals surface area contributed by atoms with E-state index in [1.807, 2.05) is 0 Å². The van der Waals surface area contributed by atoms with E-state index in [1.54, 1.807) is 0 Å². The molecule has 6 unspecified atom stereocenters. The first-order valence-corrected chi connectivity index (χ1v) is 29.9. The number of unbranched alkanes of at least 4 members (excludes halogenated alkanes) is 38. The molecule has 0 aliphatic carbocycles. The Morgan fingerprint density at radius 2 is 0.841 bits per heavy atom. The second-order valence-electron chi connectivity index (χ2n) is 20.8. The van der Waals surface area contributed by atoms with Crippen LogP contribution in [0, 0.1) is 0 Å². The Kier molecular flexibility index (Phi) is 49.1. The third-order valence-electron chi connectivity index (χ3n) is 14.1. The Labute approximate surface area is 426 Å². The van der Waals surface area contributed by atoms with Gasteiger partial charge in [0.1, 0.15) is 30.5 Å². The first kappa shape index (κ1) is 65.7. The number of carbonyl (C=O) groups is 1. The molecule has 408 valence electrons. The maximum absolute atomic E-state index is 12.9. The molecule has 6 atom stereocenters. The fraction of sp³-hybridized carbons (Fsp3) is 0.917. The van der Waals surface area contributed by atoms with E-state index in [0.717, 1.165) is 38.5 Å². The van der Waals surface area contributed by atoms with E-state index in [-0.39, 0.29) is 19.2 Å². The summed E-state index contributed by atoms with van der Waals surface area (Å²) in [5.41, 5.74) is 0. The zero-order valence-corrected chi connectivity index (χ0v) is 45.3. The van der Waals surface area contributed by atoms with Crippen LogP contribution in [0.25, 0.3) is 0 Å². The Balaban J connectivity index is 2.12. The number of rotatable bonds is 53. The van der Waals surface area contributed by atoms with Gasteiger partial charge >= 0.3 is 5.97 Å². The highest BCUT2D eigenvalue weighted by molar-refractivity contribution is 5.69. The maximum Gasteiger partial charge on any atom is 0.306 e. The third-order valence-corrected chi connectivity index (χ3v) is 14.1. The molecule has 1 heterocycles. The van der Waals surface area contributed by atoms with Crippen molar-refractivity contribution in [2.75, 3.05) is 26.4 Å². The van der Waals surface area contributed by atoms with E-state index in [4.69, 9.17) is 18.9 Å². The summed E-state index contributed by atoms with van der Waals surface area (Å²) in [6, 6.07) is 0. The van der Waals surface area contributed by atoms with Gasteiger partial charge in [0.2, 0.25) is 0 Å². The van der Waals surface area contributed by atoms with Crippen LogP contribution in [0.2, 0.25) is 0 Å². The minimum Gasteiger partial charge on any atom is -0.457 e. The lowest BCUT2D eigenvalue weighted by molar-refractivity contribution is -0.305. The van der Waals surface area contributed by atoms with Gasteiger partial charge in [-0.3, -0.25) is 4.79 Å². The molecule has 9 heteroatoms. The average molecular weight is 980 g/mol. The van der Waals surface area contributed by atoms with Gasteiger partial charge in [0.05, 0.1) is 19.8 Å². The van der Waals surface area contributed by atoms with E-state index >= 15 is 0 Å². The molecule has 0 bridgehead atoms. The summed E-state index contributed by atoms with van der Waals surface area (Å²) in [7, 11) is 0. The minimum atomic E-state index is -1.54. The molecule has 4 N–H and O–H groups in total. The zero-order valence-electron chi connectivity index (χ0n) is 45.3. The van der Waals surface area contributed by atoms with Gasteiger partial charge in [0.25, 0.3) is 0 Å². The first-order chi connectivity index (χ1) is 33.9. The Bertz CT molecular complexity index is 1110. The summed E-state index contributed by atoms with van der Waals surface area (Å²) in [5, 5.41) is 40.4. The van der Waals surface area contributed by atoms with Gasteiger partial charge in [-0.05, 0) is 44.9 Å². The van der Waals surface area contributed by atoms with Crippen molar-refractivity contribution in [3.8, 4) is 0 Å². The fourth-order valence-electron chi connectivity index (χ4n) is 9.47. The van der Waals surface area contributed by atoms with E-state index in [1.165, 1.54) is 231 Å². The largest absolute Gasteiger partial charge is 0.457 e. The highest BCUT2D eigenvalue weighted by Gasteiger charge is 2.44. The Hall–Kier alpha value is -1.33. The monoisotopic (exact) mass is 979 g/mol.